The van der Waals surface area contributed by atoms with Crippen LogP contribution in [0.5, 0.6) is 0 Å². The van der Waals surface area contributed by atoms with Gasteiger partial charge in [-0.3, -0.25) is 0 Å². The summed E-state index contributed by atoms with van der Waals surface area (Å²) in [7, 11) is 0.636. The molecule has 0 saturated carbocycles. The molecule has 40 heavy (non-hydrogen) atoms. The van der Waals surface area contributed by atoms with Gasteiger partial charge in [-0.2, -0.15) is 0 Å². The number of esters is 2. The van der Waals surface area contributed by atoms with Crippen molar-refractivity contribution in [1.29, 1.82) is 0 Å². The molecule has 1 aliphatic heterocycles. The normalized spacial score (nSPS) is 22.5. The van der Waals surface area contributed by atoms with Crippen LogP contribution in [0.25, 0.3) is 0 Å². The fourth-order valence-electron chi connectivity index (χ4n) is 5.84. The fraction of sp³-hybridized carbons (Fsp3) is 0.688. The number of rotatable bonds is 16. The summed E-state index contributed by atoms with van der Waals surface area (Å²) in [6.07, 6.45) is 4.51. The van der Waals surface area contributed by atoms with Crippen molar-refractivity contribution in [3.63, 3.8) is 0 Å². The zero-order valence-electron chi connectivity index (χ0n) is 26.2. The molecule has 1 aromatic rings. The Balaban J connectivity index is 2.26. The Bertz CT molecular complexity index is 964. The molecule has 226 valence electrons. The molecule has 1 fully saturated rings. The molecular formula is C32H52O7Si. The van der Waals surface area contributed by atoms with Crippen molar-refractivity contribution < 1.29 is 33.0 Å². The monoisotopic (exact) mass is 576 g/mol. The van der Waals surface area contributed by atoms with Gasteiger partial charge in [0.15, 0.2) is 20.2 Å². The van der Waals surface area contributed by atoms with Crippen LogP contribution < -0.4 is 0 Å². The van der Waals surface area contributed by atoms with E-state index in [1.54, 1.807) is 13.8 Å². The molecule has 1 saturated heterocycles. The Morgan fingerprint density at radius 1 is 1.02 bits per heavy atom. The minimum Gasteiger partial charge on any atom is -0.467 e. The summed E-state index contributed by atoms with van der Waals surface area (Å²) in [6.45, 7) is 14.5. The summed E-state index contributed by atoms with van der Waals surface area (Å²) < 4.78 is 29.2. The maximum atomic E-state index is 13.2. The number of carbonyl (C=O) groups excluding carboxylic acids is 2. The van der Waals surface area contributed by atoms with Gasteiger partial charge in [0.05, 0.1) is 14.2 Å². The van der Waals surface area contributed by atoms with Crippen LogP contribution in [-0.4, -0.2) is 58.1 Å². The number of hydrogen-bond donors (Lipinski definition) is 0. The van der Waals surface area contributed by atoms with Gasteiger partial charge in [-0.25, -0.2) is 9.59 Å². The number of methoxy groups -OCH3 is 2. The molecular weight excluding hydrogens is 524 g/mol. The van der Waals surface area contributed by atoms with Crippen LogP contribution in [0, 0.1) is 5.92 Å². The highest BCUT2D eigenvalue weighted by molar-refractivity contribution is 6.73. The molecule has 0 aliphatic carbocycles. The van der Waals surface area contributed by atoms with Gasteiger partial charge in [-0.05, 0) is 82.5 Å². The molecule has 7 nitrogen and oxygen atoms in total. The van der Waals surface area contributed by atoms with Crippen molar-refractivity contribution in [3.8, 4) is 0 Å². The zero-order valence-corrected chi connectivity index (χ0v) is 27.2. The molecule has 0 spiro atoms. The van der Waals surface area contributed by atoms with Crippen LogP contribution in [-0.2, 0) is 39.4 Å². The summed E-state index contributed by atoms with van der Waals surface area (Å²) in [6, 6.07) is 13.6. The van der Waals surface area contributed by atoms with Crippen LogP contribution in [0.4, 0.5) is 0 Å². The van der Waals surface area contributed by atoms with E-state index in [1.165, 1.54) is 25.4 Å². The van der Waals surface area contributed by atoms with E-state index in [0.29, 0.717) is 12.3 Å². The smallest absolute Gasteiger partial charge is 0.341 e. The molecule has 1 heterocycles. The van der Waals surface area contributed by atoms with Crippen LogP contribution in [0.1, 0.15) is 79.7 Å². The van der Waals surface area contributed by atoms with Crippen LogP contribution >= 0.6 is 0 Å². The molecule has 0 N–H and O–H groups in total. The van der Waals surface area contributed by atoms with Crippen LogP contribution in [0.2, 0.25) is 18.1 Å². The second-order valence-electron chi connectivity index (χ2n) is 11.6. The lowest BCUT2D eigenvalue weighted by Gasteiger charge is -2.36. The Hall–Kier alpha value is -2.00. The molecule has 1 aliphatic rings. The molecule has 0 aromatic heterocycles. The van der Waals surface area contributed by atoms with Crippen LogP contribution in [0.15, 0.2) is 42.0 Å². The highest BCUT2D eigenvalue weighted by Crippen LogP contribution is 2.42. The van der Waals surface area contributed by atoms with E-state index in [2.05, 4.69) is 65.0 Å². The number of carbonyl (C=O) groups is 2. The average Bonchev–Trinajstić information content (AvgIpc) is 3.23. The summed E-state index contributed by atoms with van der Waals surface area (Å²) in [4.78, 5) is 25.9. The number of hydrogen-bond acceptors (Lipinski definition) is 7. The van der Waals surface area contributed by atoms with E-state index in [0.717, 1.165) is 37.4 Å². The van der Waals surface area contributed by atoms with Gasteiger partial charge in [-0.15, -0.1) is 0 Å². The molecule has 0 radical (unpaired) electrons. The molecule has 0 bridgehead atoms. The summed E-state index contributed by atoms with van der Waals surface area (Å²) in [5.41, 5.74) is 1.06. The fourth-order valence-corrected chi connectivity index (χ4v) is 8.78. The first kappa shape index (κ1) is 34.2. The SMILES string of the molecule is CC[Si](CC)(CC)OC(CC/C(C)=C/C(C)Cc1ccccc1)CC[C@@]1(C(=O)OC)OC(C)(C)O[C@H]1C(=O)OC. The topological polar surface area (TPSA) is 80.3 Å². The molecule has 2 unspecified atom stereocenters. The van der Waals surface area contributed by atoms with Gasteiger partial charge in [0, 0.05) is 6.10 Å². The molecule has 1 aromatic carbocycles. The van der Waals surface area contributed by atoms with Crippen molar-refractivity contribution in [3.05, 3.63) is 47.5 Å². The second-order valence-corrected chi connectivity index (χ2v) is 16.4. The van der Waals surface area contributed by atoms with Gasteiger partial charge < -0.3 is 23.4 Å². The minimum atomic E-state index is -1.95. The standard InChI is InChI=1S/C32H52O7Si/c1-10-40(11-2,12-3)38-27(19-18-24(4)22-25(5)23-26-16-14-13-15-17-26)20-21-32(30(34)36-9)28(29(33)35-8)37-31(6,7)39-32/h13-17,22,25,27-28H,10-12,18-21,23H2,1-9H3/b24-22+/t25?,27?,28-,32+/m0/s1. The summed E-state index contributed by atoms with van der Waals surface area (Å²) >= 11 is 0. The number of ether oxygens (including phenoxy) is 4. The minimum absolute atomic E-state index is 0.0913. The third kappa shape index (κ3) is 9.00. The predicted molar refractivity (Wildman–Crippen MR) is 160 cm³/mol. The first-order valence-electron chi connectivity index (χ1n) is 14.8. The van der Waals surface area contributed by atoms with E-state index in [9.17, 15) is 9.59 Å². The third-order valence-electron chi connectivity index (χ3n) is 8.22. The first-order chi connectivity index (χ1) is 18.9. The maximum Gasteiger partial charge on any atom is 0.341 e. The van der Waals surface area contributed by atoms with Gasteiger partial charge in [-0.1, -0.05) is 69.7 Å². The van der Waals surface area contributed by atoms with Gasteiger partial charge in [0.25, 0.3) is 0 Å². The van der Waals surface area contributed by atoms with Gasteiger partial charge in [0.1, 0.15) is 0 Å². The largest absolute Gasteiger partial charge is 0.467 e. The van der Waals surface area contributed by atoms with Crippen molar-refractivity contribution in [1.82, 2.24) is 0 Å². The highest BCUT2D eigenvalue weighted by Gasteiger charge is 2.62. The van der Waals surface area contributed by atoms with E-state index < -0.39 is 37.7 Å². The van der Waals surface area contributed by atoms with Crippen LogP contribution in [0.3, 0.4) is 0 Å². The third-order valence-corrected chi connectivity index (χ3v) is 12.9. The predicted octanol–water partition coefficient (Wildman–Crippen LogP) is 7.00. The Kier molecular flexibility index (Phi) is 13.1. The number of benzene rings is 1. The quantitative estimate of drug-likeness (QED) is 0.119. The molecule has 8 heteroatoms. The molecule has 2 rings (SSSR count). The Morgan fingerprint density at radius 3 is 2.20 bits per heavy atom. The lowest BCUT2D eigenvalue weighted by Crippen LogP contribution is -2.53. The number of allylic oxidation sites excluding steroid dienone is 2. The average molecular weight is 577 g/mol. The van der Waals surface area contributed by atoms with Crippen molar-refractivity contribution >= 4 is 20.3 Å². The Morgan fingerprint density at radius 2 is 1.65 bits per heavy atom. The molecule has 4 atom stereocenters. The zero-order chi connectivity index (χ0) is 30.0. The summed E-state index contributed by atoms with van der Waals surface area (Å²) in [5, 5.41) is 0. The second kappa shape index (κ2) is 15.3. The van der Waals surface area contributed by atoms with Crippen molar-refractivity contribution in [2.75, 3.05) is 14.2 Å². The maximum absolute atomic E-state index is 13.2. The Labute approximate surface area is 243 Å². The van der Waals surface area contributed by atoms with E-state index >= 15 is 0 Å². The van der Waals surface area contributed by atoms with E-state index in [1.807, 2.05) is 6.07 Å². The van der Waals surface area contributed by atoms with Gasteiger partial charge in [0.2, 0.25) is 5.60 Å². The lowest BCUT2D eigenvalue weighted by molar-refractivity contribution is -0.189. The lowest BCUT2D eigenvalue weighted by atomic mass is 9.88. The molecule has 0 amide bonds. The van der Waals surface area contributed by atoms with Crippen molar-refractivity contribution in [2.24, 2.45) is 5.92 Å². The van der Waals surface area contributed by atoms with Gasteiger partial charge >= 0.3 is 11.9 Å². The summed E-state index contributed by atoms with van der Waals surface area (Å²) in [5.74, 6) is -2.01. The highest BCUT2D eigenvalue weighted by atomic mass is 28.4. The first-order valence-corrected chi connectivity index (χ1v) is 17.4. The van der Waals surface area contributed by atoms with Crippen molar-refractivity contribution in [2.45, 2.75) is 122 Å². The van der Waals surface area contributed by atoms with E-state index in [4.69, 9.17) is 23.4 Å². The van der Waals surface area contributed by atoms with E-state index in [-0.39, 0.29) is 12.5 Å².